The quantitative estimate of drug-likeness (QED) is 0.567. The highest BCUT2D eigenvalue weighted by molar-refractivity contribution is 5.99. The first-order valence-corrected chi connectivity index (χ1v) is 11.0. The van der Waals surface area contributed by atoms with E-state index in [0.717, 1.165) is 31.5 Å². The van der Waals surface area contributed by atoms with Crippen molar-refractivity contribution >= 4 is 11.8 Å². The third-order valence-corrected chi connectivity index (χ3v) is 6.01. The van der Waals surface area contributed by atoms with Gasteiger partial charge in [-0.15, -0.1) is 0 Å². The minimum Gasteiger partial charge on any atom is -0.355 e. The Hall–Kier alpha value is -2.93. The first-order valence-electron chi connectivity index (χ1n) is 11.0. The van der Waals surface area contributed by atoms with Gasteiger partial charge < -0.3 is 20.5 Å². The zero-order valence-electron chi connectivity index (χ0n) is 18.3. The SMILES string of the molecule is CNC(=O)c1cc(C(=O)NCCCC2CCNCC2)cn([C@H](C)c2ccccc2)c1=O. The Labute approximate surface area is 183 Å². The van der Waals surface area contributed by atoms with Crippen LogP contribution in [0.4, 0.5) is 0 Å². The number of pyridine rings is 1. The lowest BCUT2D eigenvalue weighted by Crippen LogP contribution is -2.35. The van der Waals surface area contributed by atoms with E-state index in [4.69, 9.17) is 0 Å². The van der Waals surface area contributed by atoms with Crippen LogP contribution in [0.1, 0.15) is 64.9 Å². The molecule has 1 aromatic carbocycles. The maximum atomic E-state index is 13.0. The summed E-state index contributed by atoms with van der Waals surface area (Å²) in [6.07, 6.45) is 5.93. The predicted molar refractivity (Wildman–Crippen MR) is 122 cm³/mol. The fourth-order valence-corrected chi connectivity index (χ4v) is 4.07. The van der Waals surface area contributed by atoms with E-state index in [9.17, 15) is 14.4 Å². The van der Waals surface area contributed by atoms with E-state index in [0.29, 0.717) is 18.0 Å². The molecule has 1 aliphatic rings. The average Bonchev–Trinajstić information content (AvgIpc) is 2.82. The Morgan fingerprint density at radius 2 is 1.87 bits per heavy atom. The molecule has 2 amide bonds. The highest BCUT2D eigenvalue weighted by atomic mass is 16.2. The van der Waals surface area contributed by atoms with E-state index < -0.39 is 11.5 Å². The Balaban J connectivity index is 1.76. The first-order chi connectivity index (χ1) is 15.0. The molecule has 2 heterocycles. The standard InChI is InChI=1S/C24H32N4O3/c1-17(19-8-4-3-5-9-19)28-16-20(15-21(24(28)31)23(30)25-2)22(29)27-12-6-7-18-10-13-26-14-11-18/h3-5,8-9,15-18,26H,6-7,10-14H2,1-2H3,(H,25,30)(H,27,29)/t17-/m1/s1. The molecule has 3 rings (SSSR count). The minimum atomic E-state index is -0.500. The number of aromatic nitrogens is 1. The number of amides is 2. The first kappa shape index (κ1) is 22.7. The number of piperidine rings is 1. The van der Waals surface area contributed by atoms with Gasteiger partial charge in [0.05, 0.1) is 11.6 Å². The van der Waals surface area contributed by atoms with Crippen LogP contribution in [0, 0.1) is 5.92 Å². The van der Waals surface area contributed by atoms with Crippen molar-refractivity contribution in [3.63, 3.8) is 0 Å². The molecule has 0 spiro atoms. The maximum absolute atomic E-state index is 13.0. The molecule has 0 saturated carbocycles. The summed E-state index contributed by atoms with van der Waals surface area (Å²) >= 11 is 0. The summed E-state index contributed by atoms with van der Waals surface area (Å²) < 4.78 is 1.46. The van der Waals surface area contributed by atoms with Crippen LogP contribution >= 0.6 is 0 Å². The molecule has 31 heavy (non-hydrogen) atoms. The highest BCUT2D eigenvalue weighted by Gasteiger charge is 2.20. The van der Waals surface area contributed by atoms with Crippen molar-refractivity contribution in [2.75, 3.05) is 26.7 Å². The lowest BCUT2D eigenvalue weighted by molar-refractivity contribution is 0.0951. The van der Waals surface area contributed by atoms with Crippen LogP contribution in [-0.2, 0) is 0 Å². The van der Waals surface area contributed by atoms with Gasteiger partial charge in [-0.2, -0.15) is 0 Å². The molecule has 2 aromatic rings. The lowest BCUT2D eigenvalue weighted by atomic mass is 9.93. The van der Waals surface area contributed by atoms with Gasteiger partial charge in [0, 0.05) is 19.8 Å². The second-order valence-corrected chi connectivity index (χ2v) is 8.11. The van der Waals surface area contributed by atoms with Crippen LogP contribution in [0.2, 0.25) is 0 Å². The summed E-state index contributed by atoms with van der Waals surface area (Å²) in [4.78, 5) is 38.1. The molecule has 166 valence electrons. The van der Waals surface area contributed by atoms with Crippen LogP contribution in [-0.4, -0.2) is 43.1 Å². The molecule has 3 N–H and O–H groups in total. The third-order valence-electron chi connectivity index (χ3n) is 6.01. The smallest absolute Gasteiger partial charge is 0.264 e. The minimum absolute atomic E-state index is 0.0346. The normalized spacial score (nSPS) is 15.3. The van der Waals surface area contributed by atoms with Crippen LogP contribution in [0.15, 0.2) is 47.4 Å². The second-order valence-electron chi connectivity index (χ2n) is 8.11. The molecular weight excluding hydrogens is 392 g/mol. The fraction of sp³-hybridized carbons (Fsp3) is 0.458. The predicted octanol–water partition coefficient (Wildman–Crippen LogP) is 2.33. The van der Waals surface area contributed by atoms with Crippen molar-refractivity contribution in [3.05, 3.63) is 69.6 Å². The monoisotopic (exact) mass is 424 g/mol. The van der Waals surface area contributed by atoms with Crippen molar-refractivity contribution in [1.82, 2.24) is 20.5 Å². The molecule has 7 nitrogen and oxygen atoms in total. The largest absolute Gasteiger partial charge is 0.355 e. The average molecular weight is 425 g/mol. The van der Waals surface area contributed by atoms with Crippen molar-refractivity contribution in [2.45, 2.75) is 38.6 Å². The van der Waals surface area contributed by atoms with Gasteiger partial charge in [0.1, 0.15) is 5.56 Å². The van der Waals surface area contributed by atoms with Gasteiger partial charge >= 0.3 is 0 Å². The summed E-state index contributed by atoms with van der Waals surface area (Å²) in [7, 11) is 1.47. The molecule has 0 aliphatic carbocycles. The third kappa shape index (κ3) is 5.82. The van der Waals surface area contributed by atoms with Gasteiger partial charge in [-0.05, 0) is 63.2 Å². The van der Waals surface area contributed by atoms with E-state index in [1.54, 1.807) is 6.20 Å². The molecular formula is C24H32N4O3. The summed E-state index contributed by atoms with van der Waals surface area (Å²) in [5.74, 6) is -0.0596. The van der Waals surface area contributed by atoms with Gasteiger partial charge in [0.15, 0.2) is 0 Å². The van der Waals surface area contributed by atoms with Gasteiger partial charge in [0.2, 0.25) is 0 Å². The highest BCUT2D eigenvalue weighted by Crippen LogP contribution is 2.18. The Bertz CT molecular complexity index is 949. The molecule has 1 aromatic heterocycles. The van der Waals surface area contributed by atoms with Crippen molar-refractivity contribution in [2.24, 2.45) is 5.92 Å². The Morgan fingerprint density at radius 3 is 2.55 bits per heavy atom. The summed E-state index contributed by atoms with van der Waals surface area (Å²) in [5.41, 5.74) is 0.778. The van der Waals surface area contributed by atoms with E-state index in [1.165, 1.54) is 30.5 Å². The van der Waals surface area contributed by atoms with E-state index >= 15 is 0 Å². The van der Waals surface area contributed by atoms with Crippen molar-refractivity contribution in [3.8, 4) is 0 Å². The number of nitrogens with zero attached hydrogens (tertiary/aromatic N) is 1. The Kier molecular flexibility index (Phi) is 8.00. The maximum Gasteiger partial charge on any atom is 0.264 e. The number of benzene rings is 1. The zero-order valence-corrected chi connectivity index (χ0v) is 18.3. The van der Waals surface area contributed by atoms with E-state index in [-0.39, 0.29) is 17.5 Å². The van der Waals surface area contributed by atoms with Crippen LogP contribution in [0.5, 0.6) is 0 Å². The molecule has 1 aliphatic heterocycles. The number of hydrogen-bond acceptors (Lipinski definition) is 4. The molecule has 0 bridgehead atoms. The molecule has 1 atom stereocenters. The summed E-state index contributed by atoms with van der Waals surface area (Å²) in [6.45, 7) is 4.59. The molecule has 0 radical (unpaired) electrons. The lowest BCUT2D eigenvalue weighted by Gasteiger charge is -2.22. The second kappa shape index (κ2) is 10.9. The number of carbonyl (C=O) groups is 2. The van der Waals surface area contributed by atoms with Gasteiger partial charge in [-0.1, -0.05) is 30.3 Å². The number of rotatable bonds is 8. The van der Waals surface area contributed by atoms with E-state index in [1.807, 2.05) is 37.3 Å². The van der Waals surface area contributed by atoms with Crippen LogP contribution < -0.4 is 21.5 Å². The molecule has 7 heteroatoms. The summed E-state index contributed by atoms with van der Waals surface area (Å²) in [5, 5.41) is 8.80. The molecule has 1 saturated heterocycles. The fourth-order valence-electron chi connectivity index (χ4n) is 4.07. The topological polar surface area (TPSA) is 92.2 Å². The molecule has 0 unspecified atom stereocenters. The van der Waals surface area contributed by atoms with Gasteiger partial charge in [0.25, 0.3) is 17.4 Å². The Morgan fingerprint density at radius 1 is 1.16 bits per heavy atom. The van der Waals surface area contributed by atoms with Gasteiger partial charge in [-0.3, -0.25) is 14.4 Å². The number of hydrogen-bond donors (Lipinski definition) is 3. The van der Waals surface area contributed by atoms with Crippen LogP contribution in [0.25, 0.3) is 0 Å². The zero-order chi connectivity index (χ0) is 22.2. The molecule has 1 fully saturated rings. The number of nitrogens with one attached hydrogen (secondary N) is 3. The van der Waals surface area contributed by atoms with Gasteiger partial charge in [-0.25, -0.2) is 0 Å². The number of carbonyl (C=O) groups excluding carboxylic acids is 2. The van der Waals surface area contributed by atoms with E-state index in [2.05, 4.69) is 16.0 Å². The van der Waals surface area contributed by atoms with Crippen molar-refractivity contribution < 1.29 is 9.59 Å². The van der Waals surface area contributed by atoms with Crippen LogP contribution in [0.3, 0.4) is 0 Å². The summed E-state index contributed by atoms with van der Waals surface area (Å²) in [6, 6.07) is 10.6. The van der Waals surface area contributed by atoms with Crippen molar-refractivity contribution in [1.29, 1.82) is 0 Å².